The second kappa shape index (κ2) is 10.4. The summed E-state index contributed by atoms with van der Waals surface area (Å²) in [6, 6.07) is 0. The molecule has 0 aromatic carbocycles. The van der Waals surface area contributed by atoms with Crippen molar-refractivity contribution >= 4 is 5.91 Å². The van der Waals surface area contributed by atoms with E-state index in [1.807, 2.05) is 0 Å². The molecular weight excluding hydrogens is 116 g/mol. The van der Waals surface area contributed by atoms with Crippen molar-refractivity contribution in [3.8, 4) is 0 Å². The highest BCUT2D eigenvalue weighted by molar-refractivity contribution is 5.70. The van der Waals surface area contributed by atoms with E-state index in [4.69, 9.17) is 0 Å². The van der Waals surface area contributed by atoms with Gasteiger partial charge >= 0.3 is 0 Å². The molecule has 0 saturated carbocycles. The Labute approximate surface area is 56.6 Å². The summed E-state index contributed by atoms with van der Waals surface area (Å²) in [7, 11) is 0. The Kier molecular flexibility index (Phi) is 13.0. The van der Waals surface area contributed by atoms with Crippen molar-refractivity contribution in [2.45, 2.75) is 20.8 Å². The first-order valence-corrected chi connectivity index (χ1v) is 3.11. The van der Waals surface area contributed by atoms with Gasteiger partial charge in [-0.3, -0.25) is 4.79 Å². The molecule has 56 valence electrons. The molecule has 0 radical (unpaired) electrons. The number of carbonyl (C=O) groups is 1. The van der Waals surface area contributed by atoms with E-state index in [1.54, 1.807) is 0 Å². The van der Waals surface area contributed by atoms with Crippen molar-refractivity contribution in [1.29, 1.82) is 0 Å². The molecular formula is C6H16N2O. The third-order valence-corrected chi connectivity index (χ3v) is 0.500. The average Bonchev–Trinajstić information content (AvgIpc) is 1.66. The molecule has 0 saturated heterocycles. The molecule has 3 nitrogen and oxygen atoms in total. The first-order valence-electron chi connectivity index (χ1n) is 3.11. The van der Waals surface area contributed by atoms with Crippen LogP contribution in [0.1, 0.15) is 20.8 Å². The number of amides is 1. The van der Waals surface area contributed by atoms with Crippen LogP contribution in [0.15, 0.2) is 0 Å². The highest BCUT2D eigenvalue weighted by Crippen LogP contribution is 1.47. The zero-order valence-corrected chi connectivity index (χ0v) is 6.40. The number of rotatable bonds is 2. The minimum absolute atomic E-state index is 0.333. The maximum Gasteiger partial charge on any atom is 0.214 e. The lowest BCUT2D eigenvalue weighted by molar-refractivity contribution is -0.115. The van der Waals surface area contributed by atoms with Crippen LogP contribution in [-0.4, -0.2) is 19.0 Å². The summed E-state index contributed by atoms with van der Waals surface area (Å²) < 4.78 is 0. The van der Waals surface area contributed by atoms with E-state index in [9.17, 15) is 4.79 Å². The normalized spacial score (nSPS) is 7.44. The molecule has 0 heterocycles. The minimum Gasteiger partial charge on any atom is -0.370 e. The van der Waals surface area contributed by atoms with Crippen LogP contribution in [0.25, 0.3) is 0 Å². The highest BCUT2D eigenvalue weighted by Gasteiger charge is 1.62. The van der Waals surface area contributed by atoms with Gasteiger partial charge in [-0.25, -0.2) is 0 Å². The lowest BCUT2D eigenvalue weighted by Crippen LogP contribution is -2.09. The van der Waals surface area contributed by atoms with Crippen LogP contribution in [-0.2, 0) is 4.79 Å². The maximum atomic E-state index is 9.22. The molecule has 0 spiro atoms. The molecule has 0 rings (SSSR count). The Morgan fingerprint density at radius 3 is 1.67 bits per heavy atom. The summed E-state index contributed by atoms with van der Waals surface area (Å²) in [5.74, 6) is -0.333. The number of primary amides is 1. The van der Waals surface area contributed by atoms with Crippen LogP contribution in [0.5, 0.6) is 0 Å². The van der Waals surface area contributed by atoms with Gasteiger partial charge in [0.25, 0.3) is 0 Å². The SMILES string of the molecule is CC(N)=O.CCNCC. The molecule has 3 N–H and O–H groups in total. The molecule has 0 aliphatic carbocycles. The third-order valence-electron chi connectivity index (χ3n) is 0.500. The van der Waals surface area contributed by atoms with Crippen LogP contribution in [0.3, 0.4) is 0 Å². The molecule has 0 aliphatic rings. The predicted molar refractivity (Wildman–Crippen MR) is 39.1 cm³/mol. The van der Waals surface area contributed by atoms with Gasteiger partial charge in [0.2, 0.25) is 5.91 Å². The first-order chi connectivity index (χ1) is 4.15. The quantitative estimate of drug-likeness (QED) is 0.560. The molecule has 0 atom stereocenters. The molecule has 0 aliphatic heterocycles. The summed E-state index contributed by atoms with van der Waals surface area (Å²) in [5, 5.41) is 3.11. The van der Waals surface area contributed by atoms with Crippen LogP contribution in [0.2, 0.25) is 0 Å². The van der Waals surface area contributed by atoms with E-state index in [0.29, 0.717) is 0 Å². The fraction of sp³-hybridized carbons (Fsp3) is 0.833. The molecule has 0 fully saturated rings. The topological polar surface area (TPSA) is 55.1 Å². The predicted octanol–water partition coefficient (Wildman–Crippen LogP) is 0.107. The van der Waals surface area contributed by atoms with E-state index >= 15 is 0 Å². The number of carbonyl (C=O) groups excluding carboxylic acids is 1. The third kappa shape index (κ3) is 107. The van der Waals surface area contributed by atoms with Crippen molar-refractivity contribution < 1.29 is 4.79 Å². The van der Waals surface area contributed by atoms with Crippen molar-refractivity contribution in [3.05, 3.63) is 0 Å². The average molecular weight is 132 g/mol. The Hall–Kier alpha value is -0.570. The van der Waals surface area contributed by atoms with Gasteiger partial charge in [-0.2, -0.15) is 0 Å². The maximum absolute atomic E-state index is 9.22. The summed E-state index contributed by atoms with van der Waals surface area (Å²) in [4.78, 5) is 9.22. The van der Waals surface area contributed by atoms with Crippen molar-refractivity contribution in [2.75, 3.05) is 13.1 Å². The van der Waals surface area contributed by atoms with Gasteiger partial charge in [-0.15, -0.1) is 0 Å². The smallest absolute Gasteiger partial charge is 0.214 e. The zero-order valence-electron chi connectivity index (χ0n) is 6.40. The second-order valence-corrected chi connectivity index (χ2v) is 1.57. The van der Waals surface area contributed by atoms with Crippen LogP contribution < -0.4 is 11.1 Å². The number of nitrogens with one attached hydrogen (secondary N) is 1. The van der Waals surface area contributed by atoms with Crippen LogP contribution >= 0.6 is 0 Å². The summed E-state index contributed by atoms with van der Waals surface area (Å²) in [5.41, 5.74) is 4.47. The Morgan fingerprint density at radius 1 is 1.44 bits per heavy atom. The molecule has 9 heavy (non-hydrogen) atoms. The van der Waals surface area contributed by atoms with E-state index in [2.05, 4.69) is 24.9 Å². The summed E-state index contributed by atoms with van der Waals surface area (Å²) in [6.45, 7) is 7.69. The lowest BCUT2D eigenvalue weighted by Gasteiger charge is -1.86. The van der Waals surface area contributed by atoms with Gasteiger partial charge in [0, 0.05) is 6.92 Å². The molecule has 0 aromatic rings. The number of hydrogen-bond donors (Lipinski definition) is 2. The van der Waals surface area contributed by atoms with E-state index in [1.165, 1.54) is 6.92 Å². The molecule has 0 bridgehead atoms. The molecule has 3 heteroatoms. The largest absolute Gasteiger partial charge is 0.370 e. The van der Waals surface area contributed by atoms with Crippen molar-refractivity contribution in [3.63, 3.8) is 0 Å². The van der Waals surface area contributed by atoms with Gasteiger partial charge in [0.15, 0.2) is 0 Å². The monoisotopic (exact) mass is 132 g/mol. The fourth-order valence-electron chi connectivity index (χ4n) is 0.250. The van der Waals surface area contributed by atoms with Gasteiger partial charge in [-0.1, -0.05) is 13.8 Å². The fourth-order valence-corrected chi connectivity index (χ4v) is 0.250. The summed E-state index contributed by atoms with van der Waals surface area (Å²) in [6.07, 6.45) is 0. The summed E-state index contributed by atoms with van der Waals surface area (Å²) >= 11 is 0. The van der Waals surface area contributed by atoms with E-state index in [0.717, 1.165) is 13.1 Å². The van der Waals surface area contributed by atoms with Crippen LogP contribution in [0.4, 0.5) is 0 Å². The molecule has 0 aromatic heterocycles. The Morgan fingerprint density at radius 2 is 1.67 bits per heavy atom. The van der Waals surface area contributed by atoms with E-state index in [-0.39, 0.29) is 5.91 Å². The van der Waals surface area contributed by atoms with Gasteiger partial charge in [0.05, 0.1) is 0 Å². The van der Waals surface area contributed by atoms with Crippen molar-refractivity contribution in [2.24, 2.45) is 5.73 Å². The lowest BCUT2D eigenvalue weighted by atomic mass is 10.7. The number of hydrogen-bond acceptors (Lipinski definition) is 2. The van der Waals surface area contributed by atoms with Crippen molar-refractivity contribution in [1.82, 2.24) is 5.32 Å². The Bertz CT molecular complexity index is 58.1. The van der Waals surface area contributed by atoms with E-state index < -0.39 is 0 Å². The van der Waals surface area contributed by atoms with Crippen LogP contribution in [0, 0.1) is 0 Å². The van der Waals surface area contributed by atoms with Gasteiger partial charge in [0.1, 0.15) is 0 Å². The molecule has 0 unspecified atom stereocenters. The Balaban J connectivity index is 0. The molecule has 1 amide bonds. The second-order valence-electron chi connectivity index (χ2n) is 1.57. The number of nitrogens with two attached hydrogens (primary N) is 1. The van der Waals surface area contributed by atoms with Gasteiger partial charge < -0.3 is 11.1 Å². The van der Waals surface area contributed by atoms with Gasteiger partial charge in [-0.05, 0) is 13.1 Å². The first kappa shape index (κ1) is 11.3. The zero-order chi connectivity index (χ0) is 7.70. The standard InChI is InChI=1S/C4H11N.C2H5NO/c1-3-5-4-2;1-2(3)4/h5H,3-4H2,1-2H3;1H3,(H2,3,4). The minimum atomic E-state index is -0.333. The highest BCUT2D eigenvalue weighted by atomic mass is 16.1.